The van der Waals surface area contributed by atoms with Crippen LogP contribution in [0, 0.1) is 11.6 Å². The molecule has 0 spiro atoms. The molecule has 7 heteroatoms. The van der Waals surface area contributed by atoms with Crippen LogP contribution < -0.4 is 10.1 Å². The van der Waals surface area contributed by atoms with Crippen LogP contribution in [0.15, 0.2) is 47.6 Å². The standard InChI is InChI=1S/C23H28F2N2O3/c1-2-3-4-5-6-7-8-15-29-20-12-10-19(11-13-20)27-23(28)30-26-17-18-9-14-21(24)22(25)16-18/h9-14,16-17H,2-8,15H2,1H3,(H,27,28)/b26-17+. The zero-order valence-electron chi connectivity index (χ0n) is 17.2. The highest BCUT2D eigenvalue weighted by Crippen LogP contribution is 2.17. The van der Waals surface area contributed by atoms with E-state index >= 15 is 0 Å². The van der Waals surface area contributed by atoms with Crippen molar-refractivity contribution in [2.75, 3.05) is 11.9 Å². The molecule has 0 radical (unpaired) electrons. The third-order valence-electron chi connectivity index (χ3n) is 4.40. The fraction of sp³-hybridized carbons (Fsp3) is 0.391. The predicted molar refractivity (Wildman–Crippen MR) is 114 cm³/mol. The van der Waals surface area contributed by atoms with Gasteiger partial charge >= 0.3 is 6.09 Å². The average molecular weight is 418 g/mol. The van der Waals surface area contributed by atoms with Gasteiger partial charge in [0.25, 0.3) is 0 Å². The number of ether oxygens (including phenoxy) is 1. The summed E-state index contributed by atoms with van der Waals surface area (Å²) >= 11 is 0. The van der Waals surface area contributed by atoms with Gasteiger partial charge in [-0.1, -0.05) is 56.7 Å². The molecule has 1 amide bonds. The van der Waals surface area contributed by atoms with Crippen molar-refractivity contribution in [3.8, 4) is 5.75 Å². The van der Waals surface area contributed by atoms with Crippen molar-refractivity contribution < 1.29 is 23.1 Å². The topological polar surface area (TPSA) is 59.9 Å². The quantitative estimate of drug-likeness (QED) is 0.181. The molecule has 0 atom stereocenters. The highest BCUT2D eigenvalue weighted by molar-refractivity contribution is 5.85. The van der Waals surface area contributed by atoms with E-state index in [1.807, 2.05) is 0 Å². The van der Waals surface area contributed by atoms with Gasteiger partial charge in [-0.2, -0.15) is 0 Å². The van der Waals surface area contributed by atoms with Crippen LogP contribution in [0.5, 0.6) is 5.75 Å². The monoisotopic (exact) mass is 418 g/mol. The van der Waals surface area contributed by atoms with E-state index < -0.39 is 17.7 Å². The third kappa shape index (κ3) is 9.03. The van der Waals surface area contributed by atoms with Gasteiger partial charge < -0.3 is 4.74 Å². The highest BCUT2D eigenvalue weighted by Gasteiger charge is 2.04. The lowest BCUT2D eigenvalue weighted by molar-refractivity contribution is 0.167. The van der Waals surface area contributed by atoms with Crippen molar-refractivity contribution in [1.29, 1.82) is 0 Å². The second-order valence-corrected chi connectivity index (χ2v) is 6.91. The Labute approximate surface area is 176 Å². The van der Waals surface area contributed by atoms with Crippen LogP contribution in [0.4, 0.5) is 19.3 Å². The molecule has 2 aromatic carbocycles. The maximum Gasteiger partial charge on any atom is 0.437 e. The molecule has 2 aromatic rings. The van der Waals surface area contributed by atoms with Gasteiger partial charge in [0.1, 0.15) is 5.75 Å². The van der Waals surface area contributed by atoms with Crippen LogP contribution in [0.25, 0.3) is 0 Å². The number of anilines is 1. The molecule has 0 fully saturated rings. The zero-order valence-corrected chi connectivity index (χ0v) is 17.2. The van der Waals surface area contributed by atoms with Crippen molar-refractivity contribution in [3.05, 3.63) is 59.7 Å². The molecule has 30 heavy (non-hydrogen) atoms. The van der Waals surface area contributed by atoms with Crippen LogP contribution in [0.3, 0.4) is 0 Å². The Morgan fingerprint density at radius 3 is 2.37 bits per heavy atom. The summed E-state index contributed by atoms with van der Waals surface area (Å²) in [6.07, 6.45) is 8.91. The summed E-state index contributed by atoms with van der Waals surface area (Å²) in [5, 5.41) is 5.97. The average Bonchev–Trinajstić information content (AvgIpc) is 2.74. The normalized spacial score (nSPS) is 10.9. The first-order chi connectivity index (χ1) is 14.6. The van der Waals surface area contributed by atoms with Gasteiger partial charge in [0.2, 0.25) is 0 Å². The van der Waals surface area contributed by atoms with Crippen molar-refractivity contribution in [1.82, 2.24) is 0 Å². The Balaban J connectivity index is 1.65. The number of carbonyl (C=O) groups is 1. The summed E-state index contributed by atoms with van der Waals surface area (Å²) in [6, 6.07) is 10.2. The van der Waals surface area contributed by atoms with Gasteiger partial charge in [0.15, 0.2) is 11.6 Å². The number of rotatable bonds is 12. The van der Waals surface area contributed by atoms with Gasteiger partial charge in [-0.3, -0.25) is 10.2 Å². The van der Waals surface area contributed by atoms with Gasteiger partial charge in [-0.25, -0.2) is 13.6 Å². The minimum Gasteiger partial charge on any atom is -0.494 e. The molecule has 5 nitrogen and oxygen atoms in total. The Kier molecular flexibility index (Phi) is 10.3. The lowest BCUT2D eigenvalue weighted by Crippen LogP contribution is -2.10. The summed E-state index contributed by atoms with van der Waals surface area (Å²) in [4.78, 5) is 16.4. The number of oxime groups is 1. The van der Waals surface area contributed by atoms with Gasteiger partial charge in [0, 0.05) is 5.69 Å². The van der Waals surface area contributed by atoms with E-state index in [9.17, 15) is 13.6 Å². The molecule has 0 saturated carbocycles. The maximum atomic E-state index is 13.1. The highest BCUT2D eigenvalue weighted by atomic mass is 19.2. The molecule has 0 aliphatic carbocycles. The summed E-state index contributed by atoms with van der Waals surface area (Å²) in [5.41, 5.74) is 0.787. The summed E-state index contributed by atoms with van der Waals surface area (Å²) in [5.74, 6) is -1.23. The number of hydrogen-bond donors (Lipinski definition) is 1. The third-order valence-corrected chi connectivity index (χ3v) is 4.40. The first kappa shape index (κ1) is 23.3. The number of benzene rings is 2. The lowest BCUT2D eigenvalue weighted by Gasteiger charge is -2.07. The van der Waals surface area contributed by atoms with Crippen LogP contribution in [0.2, 0.25) is 0 Å². The number of halogens is 2. The van der Waals surface area contributed by atoms with E-state index in [0.29, 0.717) is 12.3 Å². The van der Waals surface area contributed by atoms with Crippen LogP contribution >= 0.6 is 0 Å². The number of amides is 1. The van der Waals surface area contributed by atoms with E-state index in [2.05, 4.69) is 22.2 Å². The first-order valence-electron chi connectivity index (χ1n) is 10.3. The van der Waals surface area contributed by atoms with Crippen molar-refractivity contribution in [2.24, 2.45) is 5.16 Å². The van der Waals surface area contributed by atoms with E-state index in [0.717, 1.165) is 30.5 Å². The fourth-order valence-electron chi connectivity index (χ4n) is 2.75. The number of hydrogen-bond acceptors (Lipinski definition) is 4. The zero-order chi connectivity index (χ0) is 21.6. The Hall–Kier alpha value is -2.96. The molecular formula is C23H28F2N2O3. The fourth-order valence-corrected chi connectivity index (χ4v) is 2.75. The molecule has 0 aromatic heterocycles. The lowest BCUT2D eigenvalue weighted by atomic mass is 10.1. The van der Waals surface area contributed by atoms with Crippen LogP contribution in [0.1, 0.15) is 57.4 Å². The summed E-state index contributed by atoms with van der Waals surface area (Å²) in [7, 11) is 0. The molecular weight excluding hydrogens is 390 g/mol. The van der Waals surface area contributed by atoms with Gasteiger partial charge in [-0.15, -0.1) is 0 Å². The molecule has 0 aliphatic rings. The molecule has 2 rings (SSSR count). The smallest absolute Gasteiger partial charge is 0.437 e. The summed E-state index contributed by atoms with van der Waals surface area (Å²) < 4.78 is 31.6. The Morgan fingerprint density at radius 1 is 0.967 bits per heavy atom. The maximum absolute atomic E-state index is 13.1. The second-order valence-electron chi connectivity index (χ2n) is 6.91. The van der Waals surface area contributed by atoms with Crippen molar-refractivity contribution in [3.63, 3.8) is 0 Å². The minimum absolute atomic E-state index is 0.268. The van der Waals surface area contributed by atoms with Gasteiger partial charge in [0.05, 0.1) is 12.8 Å². The number of nitrogens with one attached hydrogen (secondary N) is 1. The Morgan fingerprint density at radius 2 is 1.67 bits per heavy atom. The molecule has 0 aliphatic heterocycles. The number of carbonyl (C=O) groups excluding carboxylic acids is 1. The van der Waals surface area contributed by atoms with E-state index in [1.54, 1.807) is 24.3 Å². The molecule has 1 N–H and O–H groups in total. The Bertz CT molecular complexity index is 811. The minimum atomic E-state index is -1.00. The molecule has 162 valence electrons. The SMILES string of the molecule is CCCCCCCCCOc1ccc(NC(=O)O/N=C/c2ccc(F)c(F)c2)cc1. The molecule has 0 heterocycles. The molecule has 0 unspecified atom stereocenters. The van der Waals surface area contributed by atoms with Crippen LogP contribution in [-0.4, -0.2) is 18.9 Å². The van der Waals surface area contributed by atoms with E-state index in [4.69, 9.17) is 4.74 Å². The van der Waals surface area contributed by atoms with E-state index in [-0.39, 0.29) is 5.56 Å². The van der Waals surface area contributed by atoms with Gasteiger partial charge in [-0.05, 0) is 48.4 Å². The number of unbranched alkanes of at least 4 members (excludes halogenated alkanes) is 6. The predicted octanol–water partition coefficient (Wildman–Crippen LogP) is 6.68. The second kappa shape index (κ2) is 13.3. The van der Waals surface area contributed by atoms with E-state index in [1.165, 1.54) is 44.6 Å². The summed E-state index contributed by atoms with van der Waals surface area (Å²) in [6.45, 7) is 2.88. The van der Waals surface area contributed by atoms with Crippen molar-refractivity contribution in [2.45, 2.75) is 51.9 Å². The first-order valence-corrected chi connectivity index (χ1v) is 10.3. The van der Waals surface area contributed by atoms with Crippen LogP contribution in [-0.2, 0) is 4.84 Å². The largest absolute Gasteiger partial charge is 0.494 e. The number of nitrogens with zero attached hydrogens (tertiary/aromatic N) is 1. The van der Waals surface area contributed by atoms with Crippen molar-refractivity contribution >= 4 is 18.0 Å². The molecule has 0 saturated heterocycles. The molecule has 0 bridgehead atoms.